The average molecular weight is 354 g/mol. The van der Waals surface area contributed by atoms with Crippen molar-refractivity contribution in [3.8, 4) is 0 Å². The highest BCUT2D eigenvalue weighted by atomic mass is 32.2. The van der Waals surface area contributed by atoms with Crippen molar-refractivity contribution >= 4 is 15.9 Å². The lowest BCUT2D eigenvalue weighted by Crippen LogP contribution is -2.44. The highest BCUT2D eigenvalue weighted by molar-refractivity contribution is 7.88. The summed E-state index contributed by atoms with van der Waals surface area (Å²) in [7, 11) is -3.17. The topological polar surface area (TPSA) is 66.5 Å². The van der Waals surface area contributed by atoms with Crippen LogP contribution in [0.15, 0.2) is 24.3 Å². The van der Waals surface area contributed by atoms with Crippen molar-refractivity contribution < 1.29 is 17.6 Å². The first-order valence-corrected chi connectivity index (χ1v) is 10.1. The zero-order valence-corrected chi connectivity index (χ0v) is 14.6. The number of carbonyl (C=O) groups excluding carboxylic acids is 1. The lowest BCUT2D eigenvalue weighted by Gasteiger charge is -2.30. The molecular weight excluding hydrogens is 331 g/mol. The van der Waals surface area contributed by atoms with E-state index in [2.05, 4.69) is 5.32 Å². The van der Waals surface area contributed by atoms with Crippen LogP contribution in [-0.2, 0) is 20.2 Å². The molecule has 1 saturated heterocycles. The predicted molar refractivity (Wildman–Crippen MR) is 89.5 cm³/mol. The van der Waals surface area contributed by atoms with E-state index >= 15 is 0 Å². The molecule has 1 N–H and O–H groups in total. The maximum atomic E-state index is 13.1. The number of sulfonamides is 1. The zero-order valence-electron chi connectivity index (χ0n) is 13.8. The Morgan fingerprint density at radius 3 is 2.33 bits per heavy atom. The number of carbonyl (C=O) groups is 1. The van der Waals surface area contributed by atoms with Crippen LogP contribution in [0.2, 0.25) is 0 Å². The van der Waals surface area contributed by atoms with E-state index in [0.717, 1.165) is 18.4 Å². The summed E-state index contributed by atoms with van der Waals surface area (Å²) >= 11 is 0. The molecule has 0 radical (unpaired) electrons. The van der Waals surface area contributed by atoms with Crippen LogP contribution in [0.25, 0.3) is 0 Å². The van der Waals surface area contributed by atoms with Gasteiger partial charge in [0.2, 0.25) is 15.9 Å². The van der Waals surface area contributed by atoms with Gasteiger partial charge in [0, 0.05) is 31.0 Å². The quantitative estimate of drug-likeness (QED) is 0.874. The van der Waals surface area contributed by atoms with Crippen LogP contribution in [0, 0.1) is 11.7 Å². The Morgan fingerprint density at radius 2 is 1.83 bits per heavy atom. The molecule has 0 aromatic heterocycles. The summed E-state index contributed by atoms with van der Waals surface area (Å²) < 4.78 is 37.5. The van der Waals surface area contributed by atoms with E-state index in [9.17, 15) is 17.6 Å². The zero-order chi connectivity index (χ0) is 17.4. The van der Waals surface area contributed by atoms with Gasteiger partial charge in [-0.3, -0.25) is 4.79 Å². The lowest BCUT2D eigenvalue weighted by atomic mass is 9.94. The smallest absolute Gasteiger partial charge is 0.223 e. The Labute approximate surface area is 142 Å². The summed E-state index contributed by atoms with van der Waals surface area (Å²) in [4.78, 5) is 12.4. The third-order valence-corrected chi connectivity index (χ3v) is 6.51. The Morgan fingerprint density at radius 1 is 1.25 bits per heavy atom. The Balaban J connectivity index is 1.52. The van der Waals surface area contributed by atoms with Crippen LogP contribution in [-0.4, -0.2) is 44.5 Å². The largest absolute Gasteiger partial charge is 0.355 e. The van der Waals surface area contributed by atoms with Gasteiger partial charge in [-0.05, 0) is 43.4 Å². The van der Waals surface area contributed by atoms with Crippen LogP contribution in [0.3, 0.4) is 0 Å². The molecule has 0 bridgehead atoms. The van der Waals surface area contributed by atoms with E-state index in [1.807, 2.05) is 0 Å². The van der Waals surface area contributed by atoms with E-state index in [0.29, 0.717) is 32.5 Å². The van der Waals surface area contributed by atoms with Gasteiger partial charge in [0.25, 0.3) is 0 Å². The average Bonchev–Trinajstić information content (AvgIpc) is 3.34. The fourth-order valence-corrected chi connectivity index (χ4v) is 4.25. The second-order valence-corrected chi connectivity index (χ2v) is 8.92. The van der Waals surface area contributed by atoms with Crippen molar-refractivity contribution in [1.29, 1.82) is 0 Å². The molecule has 2 aliphatic rings. The molecule has 1 heterocycles. The highest BCUT2D eigenvalue weighted by Gasteiger charge is 2.44. The number of nitrogens with zero attached hydrogens (tertiary/aromatic N) is 1. The Kier molecular flexibility index (Phi) is 4.66. The van der Waals surface area contributed by atoms with Crippen molar-refractivity contribution in [3.63, 3.8) is 0 Å². The number of amides is 1. The highest BCUT2D eigenvalue weighted by Crippen LogP contribution is 2.47. The summed E-state index contributed by atoms with van der Waals surface area (Å²) in [5.74, 6) is -0.389. The normalized spacial score (nSPS) is 21.4. The first-order valence-electron chi connectivity index (χ1n) is 8.29. The number of hydrogen-bond acceptors (Lipinski definition) is 3. The van der Waals surface area contributed by atoms with Crippen LogP contribution in [0.4, 0.5) is 4.39 Å². The molecule has 3 rings (SSSR count). The molecule has 1 aliphatic carbocycles. The van der Waals surface area contributed by atoms with E-state index in [-0.39, 0.29) is 23.1 Å². The number of halogens is 1. The number of hydrogen-bond donors (Lipinski definition) is 1. The minimum atomic E-state index is -3.17. The third kappa shape index (κ3) is 3.78. The second-order valence-electron chi connectivity index (χ2n) is 6.94. The first kappa shape index (κ1) is 17.4. The Bertz CT molecular complexity index is 706. The molecule has 0 atom stereocenters. The van der Waals surface area contributed by atoms with Crippen LogP contribution >= 0.6 is 0 Å². The summed E-state index contributed by atoms with van der Waals surface area (Å²) in [6.07, 6.45) is 4.30. The fourth-order valence-electron chi connectivity index (χ4n) is 3.37. The van der Waals surface area contributed by atoms with E-state index in [4.69, 9.17) is 0 Å². The monoisotopic (exact) mass is 354 g/mol. The van der Waals surface area contributed by atoms with Gasteiger partial charge in [0.1, 0.15) is 5.82 Å². The van der Waals surface area contributed by atoms with Crippen LogP contribution in [0.1, 0.15) is 31.2 Å². The van der Waals surface area contributed by atoms with Gasteiger partial charge < -0.3 is 5.32 Å². The van der Waals surface area contributed by atoms with Crippen molar-refractivity contribution in [3.05, 3.63) is 35.6 Å². The number of nitrogens with one attached hydrogen (secondary N) is 1. The van der Waals surface area contributed by atoms with Gasteiger partial charge in [0.15, 0.2) is 0 Å². The molecule has 1 saturated carbocycles. The van der Waals surface area contributed by atoms with E-state index in [1.54, 1.807) is 12.1 Å². The van der Waals surface area contributed by atoms with Crippen molar-refractivity contribution in [2.45, 2.75) is 31.1 Å². The van der Waals surface area contributed by atoms with E-state index < -0.39 is 10.0 Å². The summed E-state index contributed by atoms with van der Waals surface area (Å²) in [6.45, 7) is 1.36. The number of rotatable bonds is 5. The molecule has 1 aromatic carbocycles. The summed E-state index contributed by atoms with van der Waals surface area (Å²) in [5, 5.41) is 3.02. The molecule has 0 spiro atoms. The standard InChI is InChI=1S/C17H23FN2O3S/c1-24(22,23)20-10-6-13(7-11-20)16(21)19-12-17(8-9-17)14-2-4-15(18)5-3-14/h2-5,13H,6-12H2,1H3,(H,19,21). The molecule has 0 unspecified atom stereocenters. The molecule has 1 aliphatic heterocycles. The SMILES string of the molecule is CS(=O)(=O)N1CCC(C(=O)NCC2(c3ccc(F)cc3)CC2)CC1. The molecular formula is C17H23FN2O3S. The Hall–Kier alpha value is -1.47. The fraction of sp³-hybridized carbons (Fsp3) is 0.588. The minimum absolute atomic E-state index is 0.00321. The molecule has 24 heavy (non-hydrogen) atoms. The first-order chi connectivity index (χ1) is 11.3. The molecule has 1 amide bonds. The molecule has 132 valence electrons. The summed E-state index contributed by atoms with van der Waals surface area (Å²) in [6, 6.07) is 6.49. The van der Waals surface area contributed by atoms with Gasteiger partial charge in [-0.25, -0.2) is 17.1 Å². The number of piperidine rings is 1. The minimum Gasteiger partial charge on any atom is -0.355 e. The van der Waals surface area contributed by atoms with Gasteiger partial charge in [-0.2, -0.15) is 0 Å². The predicted octanol–water partition coefficient (Wildman–Crippen LogP) is 1.65. The molecule has 2 fully saturated rings. The molecule has 1 aromatic rings. The lowest BCUT2D eigenvalue weighted by molar-refractivity contribution is -0.126. The van der Waals surface area contributed by atoms with Crippen LogP contribution < -0.4 is 5.32 Å². The van der Waals surface area contributed by atoms with Crippen LogP contribution in [0.5, 0.6) is 0 Å². The number of benzene rings is 1. The maximum Gasteiger partial charge on any atom is 0.223 e. The van der Waals surface area contributed by atoms with Gasteiger partial charge in [-0.1, -0.05) is 12.1 Å². The van der Waals surface area contributed by atoms with Crippen molar-refractivity contribution in [2.24, 2.45) is 5.92 Å². The van der Waals surface area contributed by atoms with Gasteiger partial charge in [-0.15, -0.1) is 0 Å². The second kappa shape index (κ2) is 6.44. The third-order valence-electron chi connectivity index (χ3n) is 5.20. The molecule has 7 heteroatoms. The van der Waals surface area contributed by atoms with Gasteiger partial charge in [0.05, 0.1) is 6.26 Å². The summed E-state index contributed by atoms with van der Waals surface area (Å²) in [5.41, 5.74) is 1.01. The van der Waals surface area contributed by atoms with Gasteiger partial charge >= 0.3 is 0 Å². The maximum absolute atomic E-state index is 13.1. The molecule has 5 nitrogen and oxygen atoms in total. The van der Waals surface area contributed by atoms with E-state index in [1.165, 1.54) is 22.7 Å². The van der Waals surface area contributed by atoms with Crippen molar-refractivity contribution in [1.82, 2.24) is 9.62 Å². The van der Waals surface area contributed by atoms with Crippen molar-refractivity contribution in [2.75, 3.05) is 25.9 Å².